The van der Waals surface area contributed by atoms with Crippen molar-refractivity contribution in [2.75, 3.05) is 0 Å². The lowest BCUT2D eigenvalue weighted by Gasteiger charge is -2.24. The largest absolute Gasteiger partial charge is 0.437 e. The number of thiophene rings is 1. The van der Waals surface area contributed by atoms with Gasteiger partial charge in [0.05, 0.1) is 82.7 Å². The first-order valence-electron chi connectivity index (χ1n) is 50.6. The Balaban J connectivity index is 0.000000101. The zero-order chi connectivity index (χ0) is 98.0. The average Bonchev–Trinajstić information content (AvgIpc) is 1.54. The number of nitrogens with zero attached hydrogens (tertiary/aromatic N) is 12. The van der Waals surface area contributed by atoms with E-state index in [9.17, 15) is 0 Å². The Morgan fingerprint density at radius 2 is 0.544 bits per heavy atom. The Kier molecular flexibility index (Phi) is 18.5. The average molecular weight is 1920 g/mol. The highest BCUT2D eigenvalue weighted by molar-refractivity contribution is 7.25. The van der Waals surface area contributed by atoms with Crippen LogP contribution in [0.4, 0.5) is 0 Å². The van der Waals surface area contributed by atoms with E-state index in [2.05, 4.69) is 496 Å². The Morgan fingerprint density at radius 1 is 0.221 bits per heavy atom. The van der Waals surface area contributed by atoms with Crippen molar-refractivity contribution in [3.05, 3.63) is 484 Å². The molecule has 11 heterocycles. The fourth-order valence-corrected chi connectivity index (χ4v) is 25.3. The van der Waals surface area contributed by atoms with Gasteiger partial charge in [0.1, 0.15) is 16.2 Å². The third kappa shape index (κ3) is 12.9. The molecule has 21 aromatic carbocycles. The summed E-state index contributed by atoms with van der Waals surface area (Å²) >= 11 is 1.73. The van der Waals surface area contributed by atoms with Gasteiger partial charge in [0.25, 0.3) is 0 Å². The molecule has 696 valence electrons. The molecule has 0 amide bonds. The first kappa shape index (κ1) is 84.0. The van der Waals surface area contributed by atoms with E-state index in [4.69, 9.17) is 34.3 Å². The maximum absolute atomic E-state index is 6.51. The van der Waals surface area contributed by atoms with Gasteiger partial charge in [-0.2, -0.15) is 4.98 Å². The molecule has 33 rings (SSSR count). The summed E-state index contributed by atoms with van der Waals surface area (Å²) in [4.78, 5) is 33.5. The lowest BCUT2D eigenvalue weighted by molar-refractivity contribution is 0.650. The van der Waals surface area contributed by atoms with Crippen molar-refractivity contribution in [3.63, 3.8) is 0 Å². The summed E-state index contributed by atoms with van der Waals surface area (Å²) in [5.74, 6) is 4.69. The van der Waals surface area contributed by atoms with Crippen molar-refractivity contribution in [3.8, 4) is 79.9 Å². The van der Waals surface area contributed by atoms with Crippen molar-refractivity contribution in [1.29, 1.82) is 0 Å². The monoisotopic (exact) mass is 1920 g/mol. The van der Waals surface area contributed by atoms with Crippen LogP contribution in [-0.2, 0) is 5.41 Å². The third-order valence-electron chi connectivity index (χ3n) is 30.9. The van der Waals surface area contributed by atoms with Crippen LogP contribution in [0, 0.1) is 0 Å². The molecular weight excluding hydrogens is 1840 g/mol. The summed E-state index contributed by atoms with van der Waals surface area (Å²) in [5, 5.41) is 25.9. The van der Waals surface area contributed by atoms with Gasteiger partial charge in [0.15, 0.2) is 29.1 Å². The minimum absolute atomic E-state index is 0.304. The van der Waals surface area contributed by atoms with E-state index in [0.717, 1.165) is 150 Å². The van der Waals surface area contributed by atoms with Crippen LogP contribution >= 0.6 is 11.3 Å². The molecule has 0 aliphatic heterocycles. The number of aromatic nitrogens is 12. The molecule has 11 aromatic heterocycles. The minimum Gasteiger partial charge on any atom is -0.437 e. The standard InChI is InChI=1S/C47H32N4.C44H26N4O.C44H26N4S/c1-47(2)38-21-11-8-20-35(38)44-43(47)46(51-40-23-13-10-19-34(40)37-26-29-14-6-7-15-30(29)28-42(37)51)49-45(48-44)31-24-25-41-36(27-31)33-18-9-12-22-39(33)50(41)32-16-4-3-5-17-32;2*1-2-14-30(15-3-1)47-36-19-9-6-16-31(36)33-23-22-29(26-38(33)47)42-45-43(41-34-18-8-11-21-40(34)49-44(41)46-42)48-37-20-10-7-17-32(37)35-24-27-12-4-5-13-28(27)25-39(35)48/h3-28H,1-2H3;2*1-26H. The second kappa shape index (κ2) is 32.7. The molecule has 13 nitrogen and oxygen atoms in total. The lowest BCUT2D eigenvalue weighted by Crippen LogP contribution is -2.19. The number of rotatable bonds is 9. The molecule has 0 bridgehead atoms. The molecule has 0 saturated carbocycles. The van der Waals surface area contributed by atoms with E-state index < -0.39 is 0 Å². The molecule has 0 N–H and O–H groups in total. The Bertz CT molecular complexity index is 10900. The molecule has 0 fully saturated rings. The molecule has 0 atom stereocenters. The van der Waals surface area contributed by atoms with Crippen molar-refractivity contribution < 1.29 is 4.42 Å². The smallest absolute Gasteiger partial charge is 0.233 e. The summed E-state index contributed by atoms with van der Waals surface area (Å²) in [6.07, 6.45) is 0. The van der Waals surface area contributed by atoms with Crippen LogP contribution in [0.25, 0.3) is 285 Å². The molecule has 1 aliphatic rings. The van der Waals surface area contributed by atoms with E-state index in [1.165, 1.54) is 129 Å². The highest BCUT2D eigenvalue weighted by atomic mass is 32.1. The summed E-state index contributed by atoms with van der Waals surface area (Å²) in [6, 6.07) is 169. The van der Waals surface area contributed by atoms with Crippen molar-refractivity contribution in [1.82, 2.24) is 57.3 Å². The summed E-state index contributed by atoms with van der Waals surface area (Å²) in [5.41, 5.74) is 25.6. The van der Waals surface area contributed by atoms with Gasteiger partial charge in [0.2, 0.25) is 5.71 Å². The molecule has 0 spiro atoms. The second-order valence-electron chi connectivity index (χ2n) is 39.5. The minimum atomic E-state index is -0.304. The lowest BCUT2D eigenvalue weighted by atomic mass is 9.82. The zero-order valence-electron chi connectivity index (χ0n) is 80.7. The van der Waals surface area contributed by atoms with Crippen LogP contribution < -0.4 is 0 Å². The van der Waals surface area contributed by atoms with Gasteiger partial charge in [-0.3, -0.25) is 13.7 Å². The van der Waals surface area contributed by atoms with E-state index >= 15 is 0 Å². The molecule has 32 aromatic rings. The number of furan rings is 1. The number of benzene rings is 21. The van der Waals surface area contributed by atoms with Crippen molar-refractivity contribution in [2.45, 2.75) is 19.3 Å². The van der Waals surface area contributed by atoms with E-state index in [1.807, 2.05) is 18.2 Å². The highest BCUT2D eigenvalue weighted by Crippen LogP contribution is 2.54. The van der Waals surface area contributed by atoms with E-state index in [1.54, 1.807) is 11.3 Å². The molecule has 1 aliphatic carbocycles. The maximum atomic E-state index is 6.51. The van der Waals surface area contributed by atoms with Crippen LogP contribution in [0.2, 0.25) is 0 Å². The summed E-state index contributed by atoms with van der Waals surface area (Å²) < 4.78 is 21.8. The molecule has 14 heteroatoms. The molecule has 0 unspecified atom stereocenters. The molecule has 0 radical (unpaired) electrons. The van der Waals surface area contributed by atoms with Gasteiger partial charge in [0, 0.05) is 130 Å². The Morgan fingerprint density at radius 3 is 1.03 bits per heavy atom. The van der Waals surface area contributed by atoms with Crippen molar-refractivity contribution in [2.24, 2.45) is 0 Å². The quantitative estimate of drug-likeness (QED) is 0.141. The highest BCUT2D eigenvalue weighted by Gasteiger charge is 2.42. The van der Waals surface area contributed by atoms with E-state index in [0.29, 0.717) is 17.4 Å². The van der Waals surface area contributed by atoms with Crippen LogP contribution in [0.3, 0.4) is 0 Å². The SMILES string of the molecule is CC1(C)c2ccccc2-c2nc(-c3ccc4c(c3)c3ccccc3n4-c3ccccc3)nc(-n3c4ccccc4c4cc5ccccc5cc43)c21.c1ccc(-n2c3ccccc3c3ccc(-c4nc(-n5c6ccccc6c6cc7ccccc7cc65)c5c(n4)oc4ccccc45)cc32)cc1.c1ccc(-n2c3ccccc3c3ccc(-c4nc(-n5c6ccccc6c6cc7ccccc7cc65)c5c(n4)sc4ccccc45)cc32)cc1. The van der Waals surface area contributed by atoms with Gasteiger partial charge >= 0.3 is 0 Å². The van der Waals surface area contributed by atoms with Gasteiger partial charge < -0.3 is 18.1 Å². The zero-order valence-corrected chi connectivity index (χ0v) is 81.5. The van der Waals surface area contributed by atoms with Gasteiger partial charge in [-0.25, -0.2) is 24.9 Å². The Hall–Kier alpha value is -19.5. The van der Waals surface area contributed by atoms with Crippen LogP contribution in [-0.4, -0.2) is 57.3 Å². The number of hydrogen-bond donors (Lipinski definition) is 0. The fourth-order valence-electron chi connectivity index (χ4n) is 24.2. The topological polar surface area (TPSA) is 120 Å². The maximum Gasteiger partial charge on any atom is 0.233 e. The van der Waals surface area contributed by atoms with Crippen LogP contribution in [0.1, 0.15) is 25.0 Å². The van der Waals surface area contributed by atoms with Crippen molar-refractivity contribution >= 4 is 217 Å². The fraction of sp³-hybridized carbons (Fsp3) is 0.0222. The number of para-hydroxylation sites is 10. The summed E-state index contributed by atoms with van der Waals surface area (Å²) in [6.45, 7) is 4.63. The molecule has 0 saturated heterocycles. The predicted molar refractivity (Wildman–Crippen MR) is 619 cm³/mol. The third-order valence-corrected chi connectivity index (χ3v) is 32.0. The molecule has 149 heavy (non-hydrogen) atoms. The van der Waals surface area contributed by atoms with Gasteiger partial charge in [-0.05, 0) is 190 Å². The van der Waals surface area contributed by atoms with Crippen LogP contribution in [0.5, 0.6) is 0 Å². The second-order valence-corrected chi connectivity index (χ2v) is 40.6. The number of fused-ring (bicyclic) bond motifs is 30. The predicted octanol–water partition coefficient (Wildman–Crippen LogP) is 35.0. The summed E-state index contributed by atoms with van der Waals surface area (Å²) in [7, 11) is 0. The van der Waals surface area contributed by atoms with Crippen LogP contribution in [0.15, 0.2) is 478 Å². The Labute approximate surface area is 855 Å². The van der Waals surface area contributed by atoms with Gasteiger partial charge in [-0.15, -0.1) is 11.3 Å². The molecular formula is C135H84N12OS. The van der Waals surface area contributed by atoms with Gasteiger partial charge in [-0.1, -0.05) is 335 Å². The normalized spacial score (nSPS) is 12.6. The first-order valence-corrected chi connectivity index (χ1v) is 51.4. The van der Waals surface area contributed by atoms with E-state index in [-0.39, 0.29) is 5.41 Å². The first-order chi connectivity index (χ1) is 73.7. The number of hydrogen-bond acceptors (Lipinski definition) is 8.